The first-order valence-electron chi connectivity index (χ1n) is 6.65. The summed E-state index contributed by atoms with van der Waals surface area (Å²) < 4.78 is 5.88. The Labute approximate surface area is 117 Å². The van der Waals surface area contributed by atoms with Gasteiger partial charge in [-0.15, -0.1) is 0 Å². The SMILES string of the molecule is O=C(C1CNC1)N1CCC(Oc2ccccc2Cl)C1. The third kappa shape index (κ3) is 2.69. The van der Waals surface area contributed by atoms with Gasteiger partial charge < -0.3 is 15.0 Å². The van der Waals surface area contributed by atoms with Crippen LogP contribution in [-0.4, -0.2) is 43.1 Å². The van der Waals surface area contributed by atoms with Gasteiger partial charge in [-0.2, -0.15) is 0 Å². The van der Waals surface area contributed by atoms with Crippen LogP contribution in [0.15, 0.2) is 24.3 Å². The molecule has 102 valence electrons. The van der Waals surface area contributed by atoms with Gasteiger partial charge in [-0.25, -0.2) is 0 Å². The summed E-state index contributed by atoms with van der Waals surface area (Å²) in [5.74, 6) is 1.12. The molecule has 2 aliphatic heterocycles. The summed E-state index contributed by atoms with van der Waals surface area (Å²) in [5.41, 5.74) is 0. The van der Waals surface area contributed by atoms with Crippen molar-refractivity contribution >= 4 is 17.5 Å². The molecule has 1 N–H and O–H groups in total. The van der Waals surface area contributed by atoms with Crippen LogP contribution in [0.3, 0.4) is 0 Å². The van der Waals surface area contributed by atoms with Crippen LogP contribution in [-0.2, 0) is 4.79 Å². The fourth-order valence-electron chi connectivity index (χ4n) is 2.47. The van der Waals surface area contributed by atoms with E-state index in [9.17, 15) is 4.79 Å². The minimum absolute atomic E-state index is 0.0527. The first kappa shape index (κ1) is 12.8. The lowest BCUT2D eigenvalue weighted by Crippen LogP contribution is -2.51. The third-order valence-corrected chi connectivity index (χ3v) is 4.03. The fourth-order valence-corrected chi connectivity index (χ4v) is 2.65. The van der Waals surface area contributed by atoms with E-state index in [2.05, 4.69) is 5.32 Å². The normalized spacial score (nSPS) is 23.2. The molecule has 19 heavy (non-hydrogen) atoms. The minimum atomic E-state index is 0.0527. The molecule has 1 aromatic carbocycles. The highest BCUT2D eigenvalue weighted by molar-refractivity contribution is 6.32. The predicted molar refractivity (Wildman–Crippen MR) is 73.4 cm³/mol. The van der Waals surface area contributed by atoms with Gasteiger partial charge in [-0.3, -0.25) is 4.79 Å². The number of hydrogen-bond donors (Lipinski definition) is 1. The average molecular weight is 281 g/mol. The highest BCUT2D eigenvalue weighted by atomic mass is 35.5. The maximum absolute atomic E-state index is 12.1. The second kappa shape index (κ2) is 5.39. The molecule has 0 aliphatic carbocycles. The standard InChI is InChI=1S/C14H17ClN2O2/c15-12-3-1-2-4-13(12)19-11-5-6-17(9-11)14(18)10-7-16-8-10/h1-4,10-11,16H,5-9H2. The van der Waals surface area contributed by atoms with Crippen molar-refractivity contribution in [2.24, 2.45) is 5.92 Å². The van der Waals surface area contributed by atoms with Gasteiger partial charge in [0.25, 0.3) is 0 Å². The molecule has 0 bridgehead atoms. The lowest BCUT2D eigenvalue weighted by molar-refractivity contribution is -0.136. The Bertz CT molecular complexity index is 476. The van der Waals surface area contributed by atoms with Gasteiger partial charge in [-0.05, 0) is 12.1 Å². The van der Waals surface area contributed by atoms with Crippen molar-refractivity contribution < 1.29 is 9.53 Å². The van der Waals surface area contributed by atoms with Gasteiger partial charge >= 0.3 is 0 Å². The molecule has 2 heterocycles. The van der Waals surface area contributed by atoms with Crippen LogP contribution in [0.5, 0.6) is 5.75 Å². The maximum Gasteiger partial charge on any atom is 0.228 e. The number of carbonyl (C=O) groups is 1. The summed E-state index contributed by atoms with van der Waals surface area (Å²) in [5, 5.41) is 3.75. The monoisotopic (exact) mass is 280 g/mol. The van der Waals surface area contributed by atoms with E-state index in [1.807, 2.05) is 29.2 Å². The number of carbonyl (C=O) groups excluding carboxylic acids is 1. The molecule has 2 saturated heterocycles. The smallest absolute Gasteiger partial charge is 0.228 e. The van der Waals surface area contributed by atoms with Crippen LogP contribution in [0.1, 0.15) is 6.42 Å². The van der Waals surface area contributed by atoms with E-state index < -0.39 is 0 Å². The predicted octanol–water partition coefficient (Wildman–Crippen LogP) is 1.54. The van der Waals surface area contributed by atoms with Gasteiger partial charge in [0.05, 0.1) is 17.5 Å². The molecule has 0 radical (unpaired) electrons. The topological polar surface area (TPSA) is 41.6 Å². The van der Waals surface area contributed by atoms with Crippen LogP contribution in [0, 0.1) is 5.92 Å². The average Bonchev–Trinajstić information content (AvgIpc) is 2.78. The maximum atomic E-state index is 12.1. The van der Waals surface area contributed by atoms with Gasteiger partial charge in [0.1, 0.15) is 11.9 Å². The zero-order chi connectivity index (χ0) is 13.2. The molecule has 0 saturated carbocycles. The van der Waals surface area contributed by atoms with E-state index in [0.717, 1.165) is 26.1 Å². The molecule has 1 unspecified atom stereocenters. The van der Waals surface area contributed by atoms with Crippen LogP contribution in [0.25, 0.3) is 0 Å². The number of nitrogens with one attached hydrogen (secondary N) is 1. The molecule has 3 rings (SSSR count). The molecule has 0 aromatic heterocycles. The van der Waals surface area contributed by atoms with Crippen molar-refractivity contribution in [1.82, 2.24) is 10.2 Å². The largest absolute Gasteiger partial charge is 0.487 e. The minimum Gasteiger partial charge on any atom is -0.487 e. The van der Waals surface area contributed by atoms with Crippen molar-refractivity contribution in [2.75, 3.05) is 26.2 Å². The molecule has 2 fully saturated rings. The molecule has 5 heteroatoms. The summed E-state index contributed by atoms with van der Waals surface area (Å²) in [6, 6.07) is 7.46. The zero-order valence-electron chi connectivity index (χ0n) is 10.6. The van der Waals surface area contributed by atoms with Crippen molar-refractivity contribution in [3.8, 4) is 5.75 Å². The second-order valence-corrected chi connectivity index (χ2v) is 5.51. The number of benzene rings is 1. The number of para-hydroxylation sites is 1. The van der Waals surface area contributed by atoms with E-state index in [4.69, 9.17) is 16.3 Å². The third-order valence-electron chi connectivity index (χ3n) is 3.72. The number of halogens is 1. The van der Waals surface area contributed by atoms with Crippen LogP contribution in [0.2, 0.25) is 5.02 Å². The van der Waals surface area contributed by atoms with Gasteiger partial charge in [0, 0.05) is 26.1 Å². The van der Waals surface area contributed by atoms with Gasteiger partial charge in [0.2, 0.25) is 5.91 Å². The quantitative estimate of drug-likeness (QED) is 0.913. The summed E-state index contributed by atoms with van der Waals surface area (Å²) in [6.07, 6.45) is 0.925. The molecule has 1 atom stereocenters. The van der Waals surface area contributed by atoms with Crippen molar-refractivity contribution in [2.45, 2.75) is 12.5 Å². The molecule has 2 aliphatic rings. The van der Waals surface area contributed by atoms with Crippen molar-refractivity contribution in [3.63, 3.8) is 0 Å². The summed E-state index contributed by atoms with van der Waals surface area (Å²) in [7, 11) is 0. The number of ether oxygens (including phenoxy) is 1. The molecule has 1 amide bonds. The van der Waals surface area contributed by atoms with E-state index in [1.54, 1.807) is 0 Å². The highest BCUT2D eigenvalue weighted by Crippen LogP contribution is 2.27. The Balaban J connectivity index is 1.57. The Hall–Kier alpha value is -1.26. The Kier molecular flexibility index (Phi) is 3.62. The highest BCUT2D eigenvalue weighted by Gasteiger charge is 2.34. The fraction of sp³-hybridized carbons (Fsp3) is 0.500. The van der Waals surface area contributed by atoms with E-state index >= 15 is 0 Å². The van der Waals surface area contributed by atoms with Crippen LogP contribution < -0.4 is 10.1 Å². The number of likely N-dealkylation sites (tertiary alicyclic amines) is 1. The summed E-state index contributed by atoms with van der Waals surface area (Å²) in [6.45, 7) is 3.07. The van der Waals surface area contributed by atoms with E-state index in [1.165, 1.54) is 0 Å². The lowest BCUT2D eigenvalue weighted by atomic mass is 10.0. The first-order valence-corrected chi connectivity index (χ1v) is 7.02. The Morgan fingerprint density at radius 1 is 1.37 bits per heavy atom. The number of rotatable bonds is 3. The van der Waals surface area contributed by atoms with Crippen LogP contribution in [0.4, 0.5) is 0 Å². The lowest BCUT2D eigenvalue weighted by Gasteiger charge is -2.30. The van der Waals surface area contributed by atoms with Gasteiger partial charge in [0.15, 0.2) is 0 Å². The zero-order valence-corrected chi connectivity index (χ0v) is 11.4. The summed E-state index contributed by atoms with van der Waals surface area (Å²) in [4.78, 5) is 14.0. The molecular formula is C14H17ClN2O2. The molecule has 4 nitrogen and oxygen atoms in total. The summed E-state index contributed by atoms with van der Waals surface area (Å²) >= 11 is 6.07. The Morgan fingerprint density at radius 2 is 2.16 bits per heavy atom. The molecule has 0 spiro atoms. The number of nitrogens with zero attached hydrogens (tertiary/aromatic N) is 1. The molecule has 1 aromatic rings. The van der Waals surface area contributed by atoms with E-state index in [-0.39, 0.29) is 17.9 Å². The van der Waals surface area contributed by atoms with Gasteiger partial charge in [-0.1, -0.05) is 23.7 Å². The number of hydrogen-bond acceptors (Lipinski definition) is 3. The first-order chi connectivity index (χ1) is 9.24. The van der Waals surface area contributed by atoms with Crippen molar-refractivity contribution in [3.05, 3.63) is 29.3 Å². The number of amides is 1. The molecular weight excluding hydrogens is 264 g/mol. The van der Waals surface area contributed by atoms with Crippen LogP contribution >= 0.6 is 11.6 Å². The van der Waals surface area contributed by atoms with E-state index in [0.29, 0.717) is 17.3 Å². The Morgan fingerprint density at radius 3 is 2.84 bits per heavy atom. The van der Waals surface area contributed by atoms with Crippen molar-refractivity contribution in [1.29, 1.82) is 0 Å². The second-order valence-electron chi connectivity index (χ2n) is 5.10.